The van der Waals surface area contributed by atoms with Crippen molar-refractivity contribution < 1.29 is 9.59 Å². The fourth-order valence-electron chi connectivity index (χ4n) is 1.16. The van der Waals surface area contributed by atoms with E-state index >= 15 is 0 Å². The first-order chi connectivity index (χ1) is 7.77. The second-order valence-electron chi connectivity index (χ2n) is 3.01. The summed E-state index contributed by atoms with van der Waals surface area (Å²) in [5, 5.41) is 3.01. The van der Waals surface area contributed by atoms with Gasteiger partial charge in [-0.1, -0.05) is 48.5 Å². The van der Waals surface area contributed by atoms with Gasteiger partial charge in [-0.05, 0) is 10.8 Å². The van der Waals surface area contributed by atoms with Crippen molar-refractivity contribution in [1.29, 1.82) is 0 Å². The fraction of sp³-hybridized carbons (Fsp3) is 0. The number of hydrazine groups is 1. The van der Waals surface area contributed by atoms with Gasteiger partial charge in [-0.2, -0.15) is 0 Å². The predicted octanol–water partition coefficient (Wildman–Crippen LogP) is 1.31. The molecule has 0 aliphatic carbocycles. The first-order valence-electron chi connectivity index (χ1n) is 4.65. The van der Waals surface area contributed by atoms with Gasteiger partial charge in [-0.15, -0.1) is 0 Å². The van der Waals surface area contributed by atoms with Crippen molar-refractivity contribution in [3.63, 3.8) is 0 Å². The molecule has 0 saturated heterocycles. The van der Waals surface area contributed by atoms with Crippen molar-refractivity contribution in [2.45, 2.75) is 0 Å². The highest BCUT2D eigenvalue weighted by atomic mass is 16.2. The van der Waals surface area contributed by atoms with E-state index in [9.17, 15) is 9.59 Å². The molecule has 0 bridgehead atoms. The van der Waals surface area contributed by atoms with Crippen molar-refractivity contribution >= 4 is 23.6 Å². The van der Waals surface area contributed by atoms with Gasteiger partial charge in [-0.3, -0.25) is 9.59 Å². The third kappa shape index (κ3) is 3.51. The molecule has 0 unspecified atom stereocenters. The lowest BCUT2D eigenvalue weighted by atomic mass is 10.1. The maximum absolute atomic E-state index is 9.31. The molecule has 0 aromatic heterocycles. The van der Waals surface area contributed by atoms with Crippen LogP contribution in [0.1, 0.15) is 0 Å². The smallest absolute Gasteiger partial charge is 0.230 e. The number of carbonyl (C=O) groups is 2. The lowest BCUT2D eigenvalue weighted by Crippen LogP contribution is -2.26. The lowest BCUT2D eigenvalue weighted by Gasteiger charge is -1.92. The number of hydrogen-bond acceptors (Lipinski definition) is 3. The molecule has 2 aromatic rings. The van der Waals surface area contributed by atoms with E-state index in [4.69, 9.17) is 0 Å². The average Bonchev–Trinajstić information content (AvgIpc) is 2.38. The van der Waals surface area contributed by atoms with Gasteiger partial charge in [0.15, 0.2) is 0 Å². The standard InChI is InChI=1S/C10H8.C2H4N2O2/c1-2-6-10-8-4-3-7-9(10)5-1;3-4(1-5)2-6/h1-8H;1-2H,3H2. The summed E-state index contributed by atoms with van der Waals surface area (Å²) in [5.74, 6) is 4.57. The van der Waals surface area contributed by atoms with Crippen molar-refractivity contribution in [3.05, 3.63) is 48.5 Å². The Balaban J connectivity index is 0.000000187. The van der Waals surface area contributed by atoms with Gasteiger partial charge in [0, 0.05) is 0 Å². The Bertz CT molecular complexity index is 398. The van der Waals surface area contributed by atoms with Gasteiger partial charge in [0.2, 0.25) is 12.8 Å². The summed E-state index contributed by atoms with van der Waals surface area (Å²) in [6.07, 6.45) is 0.431. The molecular formula is C12H12N2O2. The SMILES string of the molecule is NN(C=O)C=O.c1ccc2ccccc2c1. The highest BCUT2D eigenvalue weighted by molar-refractivity contribution is 5.82. The van der Waals surface area contributed by atoms with E-state index in [0.717, 1.165) is 0 Å². The van der Waals surface area contributed by atoms with Crippen LogP contribution in [0.2, 0.25) is 0 Å². The summed E-state index contributed by atoms with van der Waals surface area (Å²) < 4.78 is 0. The number of hydrogen-bond donors (Lipinski definition) is 1. The Labute approximate surface area is 93.2 Å². The van der Waals surface area contributed by atoms with Crippen LogP contribution in [0.3, 0.4) is 0 Å². The van der Waals surface area contributed by atoms with Crippen LogP contribution in [0, 0.1) is 0 Å². The van der Waals surface area contributed by atoms with Crippen LogP contribution >= 0.6 is 0 Å². The fourth-order valence-corrected chi connectivity index (χ4v) is 1.16. The molecule has 0 aliphatic rings. The van der Waals surface area contributed by atoms with Crippen molar-refractivity contribution in [1.82, 2.24) is 5.01 Å². The van der Waals surface area contributed by atoms with E-state index < -0.39 is 0 Å². The zero-order valence-corrected chi connectivity index (χ0v) is 8.61. The highest BCUT2D eigenvalue weighted by Crippen LogP contribution is 2.11. The molecule has 2 aromatic carbocycles. The number of nitrogens with two attached hydrogens (primary N) is 1. The molecule has 2 N–H and O–H groups in total. The Morgan fingerprint density at radius 2 is 1.12 bits per heavy atom. The highest BCUT2D eigenvalue weighted by Gasteiger charge is 1.85. The number of benzene rings is 2. The van der Waals surface area contributed by atoms with E-state index in [1.165, 1.54) is 10.8 Å². The van der Waals surface area contributed by atoms with Gasteiger partial charge >= 0.3 is 0 Å². The van der Waals surface area contributed by atoms with E-state index in [1.54, 1.807) is 0 Å². The first-order valence-corrected chi connectivity index (χ1v) is 4.65. The van der Waals surface area contributed by atoms with Crippen LogP contribution in [0.4, 0.5) is 0 Å². The molecule has 4 nitrogen and oxygen atoms in total. The Morgan fingerprint density at radius 3 is 1.31 bits per heavy atom. The minimum Gasteiger partial charge on any atom is -0.277 e. The Kier molecular flexibility index (Phi) is 4.69. The van der Waals surface area contributed by atoms with Crippen molar-refractivity contribution in [3.8, 4) is 0 Å². The maximum atomic E-state index is 9.31. The van der Waals surface area contributed by atoms with Gasteiger partial charge < -0.3 is 0 Å². The quantitative estimate of drug-likeness (QED) is 0.356. The summed E-state index contributed by atoms with van der Waals surface area (Å²) in [4.78, 5) is 18.6. The number of fused-ring (bicyclic) bond motifs is 1. The van der Waals surface area contributed by atoms with E-state index in [-0.39, 0.29) is 12.8 Å². The number of carbonyl (C=O) groups excluding carboxylic acids is 2. The molecule has 4 heteroatoms. The molecule has 16 heavy (non-hydrogen) atoms. The zero-order chi connectivity index (χ0) is 11.8. The van der Waals surface area contributed by atoms with Gasteiger partial charge in [0.05, 0.1) is 0 Å². The maximum Gasteiger partial charge on any atom is 0.230 e. The molecule has 0 fully saturated rings. The molecule has 0 heterocycles. The second-order valence-corrected chi connectivity index (χ2v) is 3.01. The topological polar surface area (TPSA) is 63.4 Å². The van der Waals surface area contributed by atoms with Crippen LogP contribution in [-0.4, -0.2) is 17.8 Å². The summed E-state index contributed by atoms with van der Waals surface area (Å²) in [6.45, 7) is 0. The summed E-state index contributed by atoms with van der Waals surface area (Å²) in [5.41, 5.74) is 0. The van der Waals surface area contributed by atoms with Crippen LogP contribution in [-0.2, 0) is 9.59 Å². The number of imide groups is 1. The van der Waals surface area contributed by atoms with Gasteiger partial charge in [0.25, 0.3) is 0 Å². The Morgan fingerprint density at radius 1 is 0.812 bits per heavy atom. The predicted molar refractivity (Wildman–Crippen MR) is 62.1 cm³/mol. The van der Waals surface area contributed by atoms with E-state index in [0.29, 0.717) is 5.01 Å². The van der Waals surface area contributed by atoms with Gasteiger partial charge in [-0.25, -0.2) is 10.9 Å². The van der Waals surface area contributed by atoms with Gasteiger partial charge in [0.1, 0.15) is 0 Å². The Hall–Kier alpha value is -2.20. The van der Waals surface area contributed by atoms with Crippen LogP contribution in [0.25, 0.3) is 10.8 Å². The molecule has 0 atom stereocenters. The molecule has 82 valence electrons. The van der Waals surface area contributed by atoms with Crippen LogP contribution < -0.4 is 5.84 Å². The van der Waals surface area contributed by atoms with Crippen LogP contribution in [0.5, 0.6) is 0 Å². The molecule has 0 radical (unpaired) electrons. The second kappa shape index (κ2) is 6.31. The number of amides is 2. The molecule has 0 spiro atoms. The third-order valence-electron chi connectivity index (χ3n) is 1.90. The minimum atomic E-state index is 0.215. The summed E-state index contributed by atoms with van der Waals surface area (Å²) in [6, 6.07) is 16.7. The minimum absolute atomic E-state index is 0.215. The summed E-state index contributed by atoms with van der Waals surface area (Å²) >= 11 is 0. The molecule has 2 rings (SSSR count). The van der Waals surface area contributed by atoms with E-state index in [2.05, 4.69) is 54.4 Å². The molecule has 0 aliphatic heterocycles. The third-order valence-corrected chi connectivity index (χ3v) is 1.90. The van der Waals surface area contributed by atoms with Crippen molar-refractivity contribution in [2.24, 2.45) is 5.84 Å². The normalized spacial score (nSPS) is 8.81. The largest absolute Gasteiger partial charge is 0.277 e. The molecule has 0 saturated carbocycles. The van der Waals surface area contributed by atoms with E-state index in [1.807, 2.05) is 0 Å². The first kappa shape index (κ1) is 11.9. The molecule has 2 amide bonds. The zero-order valence-electron chi connectivity index (χ0n) is 8.61. The average molecular weight is 216 g/mol. The summed E-state index contributed by atoms with van der Waals surface area (Å²) in [7, 11) is 0. The number of rotatable bonds is 2. The molecular weight excluding hydrogens is 204 g/mol. The number of nitrogens with zero attached hydrogens (tertiary/aromatic N) is 1. The monoisotopic (exact) mass is 216 g/mol. The van der Waals surface area contributed by atoms with Crippen molar-refractivity contribution in [2.75, 3.05) is 0 Å². The van der Waals surface area contributed by atoms with Crippen LogP contribution in [0.15, 0.2) is 48.5 Å². The lowest BCUT2D eigenvalue weighted by molar-refractivity contribution is -0.129.